The van der Waals surface area contributed by atoms with Gasteiger partial charge in [0.15, 0.2) is 5.96 Å². The third-order valence-corrected chi connectivity index (χ3v) is 3.49. The predicted molar refractivity (Wildman–Crippen MR) is 89.6 cm³/mol. The lowest BCUT2D eigenvalue weighted by atomic mass is 10.1. The molecule has 0 spiro atoms. The van der Waals surface area contributed by atoms with Gasteiger partial charge >= 0.3 is 0 Å². The highest BCUT2D eigenvalue weighted by Crippen LogP contribution is 2.06. The minimum absolute atomic E-state index is 0.187. The van der Waals surface area contributed by atoms with Crippen molar-refractivity contribution in [2.45, 2.75) is 12.8 Å². The van der Waals surface area contributed by atoms with Crippen molar-refractivity contribution in [1.82, 2.24) is 10.6 Å². The van der Waals surface area contributed by atoms with E-state index in [0.717, 1.165) is 12.0 Å². The number of hydrogen-bond acceptors (Lipinski definition) is 1. The molecular weight excluding hydrogens is 296 g/mol. The maximum atomic E-state index is 13.5. The smallest absolute Gasteiger partial charge is 0.190 e. The molecule has 2 N–H and O–H groups in total. The van der Waals surface area contributed by atoms with Gasteiger partial charge in [-0.15, -0.1) is 0 Å². The summed E-state index contributed by atoms with van der Waals surface area (Å²) < 4.78 is 26.3. The molecule has 0 saturated heterocycles. The molecule has 3 nitrogen and oxygen atoms in total. The molecule has 2 rings (SSSR count). The van der Waals surface area contributed by atoms with Crippen molar-refractivity contribution >= 4 is 5.96 Å². The average Bonchev–Trinajstić information content (AvgIpc) is 2.57. The molecule has 0 aliphatic heterocycles. The standard InChI is InChI=1S/C18H21F2N3/c1-21-18(22-12-10-14-6-8-16(19)9-7-14)23-13-11-15-4-2-3-5-17(15)20/h2-9H,10-13H2,1H3,(H2,21,22,23). The van der Waals surface area contributed by atoms with E-state index >= 15 is 0 Å². The Balaban J connectivity index is 1.71. The average molecular weight is 317 g/mol. The summed E-state index contributed by atoms with van der Waals surface area (Å²) in [6, 6.07) is 13.2. The molecule has 23 heavy (non-hydrogen) atoms. The third kappa shape index (κ3) is 5.70. The Labute approximate surface area is 135 Å². The van der Waals surface area contributed by atoms with E-state index in [-0.39, 0.29) is 11.6 Å². The van der Waals surface area contributed by atoms with E-state index < -0.39 is 0 Å². The fourth-order valence-electron chi connectivity index (χ4n) is 2.21. The van der Waals surface area contributed by atoms with Gasteiger partial charge in [-0.25, -0.2) is 8.78 Å². The van der Waals surface area contributed by atoms with Crippen LogP contribution in [0.2, 0.25) is 0 Å². The van der Waals surface area contributed by atoms with Gasteiger partial charge in [0.05, 0.1) is 0 Å². The van der Waals surface area contributed by atoms with Crippen LogP contribution in [0.1, 0.15) is 11.1 Å². The minimum atomic E-state index is -0.229. The first-order chi connectivity index (χ1) is 11.2. The van der Waals surface area contributed by atoms with Crippen molar-refractivity contribution in [3.05, 3.63) is 71.3 Å². The number of benzene rings is 2. The fraction of sp³-hybridized carbons (Fsp3) is 0.278. The van der Waals surface area contributed by atoms with Gasteiger partial charge < -0.3 is 10.6 Å². The van der Waals surface area contributed by atoms with Gasteiger partial charge in [0.25, 0.3) is 0 Å². The van der Waals surface area contributed by atoms with Crippen molar-refractivity contribution in [1.29, 1.82) is 0 Å². The van der Waals surface area contributed by atoms with Crippen LogP contribution in [-0.2, 0) is 12.8 Å². The zero-order valence-corrected chi connectivity index (χ0v) is 13.2. The number of hydrogen-bond donors (Lipinski definition) is 2. The topological polar surface area (TPSA) is 36.4 Å². The van der Waals surface area contributed by atoms with Gasteiger partial charge in [-0.1, -0.05) is 30.3 Å². The molecule has 0 aromatic heterocycles. The minimum Gasteiger partial charge on any atom is -0.356 e. The highest BCUT2D eigenvalue weighted by atomic mass is 19.1. The Morgan fingerprint density at radius 2 is 1.57 bits per heavy atom. The van der Waals surface area contributed by atoms with E-state index in [1.165, 1.54) is 18.2 Å². The highest BCUT2D eigenvalue weighted by Gasteiger charge is 2.02. The summed E-state index contributed by atoms with van der Waals surface area (Å²) in [5, 5.41) is 6.34. The Kier molecular flexibility index (Phi) is 6.54. The molecule has 0 heterocycles. The van der Waals surface area contributed by atoms with Crippen LogP contribution in [0.3, 0.4) is 0 Å². The van der Waals surface area contributed by atoms with Gasteiger partial charge in [-0.3, -0.25) is 4.99 Å². The monoisotopic (exact) mass is 317 g/mol. The number of guanidine groups is 1. The number of aliphatic imine (C=N–C) groups is 1. The van der Waals surface area contributed by atoms with Crippen molar-refractivity contribution in [3.63, 3.8) is 0 Å². The van der Waals surface area contributed by atoms with Gasteiger partial charge in [0.2, 0.25) is 0 Å². The summed E-state index contributed by atoms with van der Waals surface area (Å²) in [6.07, 6.45) is 1.36. The zero-order valence-electron chi connectivity index (χ0n) is 13.2. The molecule has 0 aliphatic rings. The van der Waals surface area contributed by atoms with Crippen LogP contribution in [0.15, 0.2) is 53.5 Å². The fourth-order valence-corrected chi connectivity index (χ4v) is 2.21. The second kappa shape index (κ2) is 8.88. The summed E-state index contributed by atoms with van der Waals surface area (Å²) in [4.78, 5) is 4.13. The largest absolute Gasteiger partial charge is 0.356 e. The van der Waals surface area contributed by atoms with Crippen LogP contribution < -0.4 is 10.6 Å². The number of nitrogens with one attached hydrogen (secondary N) is 2. The third-order valence-electron chi connectivity index (χ3n) is 3.49. The van der Waals surface area contributed by atoms with Gasteiger partial charge in [-0.05, 0) is 42.2 Å². The first-order valence-electron chi connectivity index (χ1n) is 7.61. The molecular formula is C18H21F2N3. The lowest BCUT2D eigenvalue weighted by Gasteiger charge is -2.12. The Morgan fingerprint density at radius 3 is 2.22 bits per heavy atom. The molecule has 2 aromatic rings. The molecule has 0 aliphatic carbocycles. The molecule has 2 aromatic carbocycles. The van der Waals surface area contributed by atoms with Crippen LogP contribution in [0.4, 0.5) is 8.78 Å². The summed E-state index contributed by atoms with van der Waals surface area (Å²) in [5.74, 6) is 0.254. The molecule has 0 radical (unpaired) electrons. The van der Waals surface area contributed by atoms with Crippen LogP contribution in [0.5, 0.6) is 0 Å². The maximum Gasteiger partial charge on any atom is 0.190 e. The van der Waals surface area contributed by atoms with E-state index in [0.29, 0.717) is 31.0 Å². The maximum absolute atomic E-state index is 13.5. The van der Waals surface area contributed by atoms with Crippen molar-refractivity contribution in [2.24, 2.45) is 4.99 Å². The molecule has 0 saturated carbocycles. The number of rotatable bonds is 6. The Bertz CT molecular complexity index is 639. The van der Waals surface area contributed by atoms with Crippen molar-refractivity contribution < 1.29 is 8.78 Å². The van der Waals surface area contributed by atoms with E-state index in [9.17, 15) is 8.78 Å². The van der Waals surface area contributed by atoms with Crippen LogP contribution in [0, 0.1) is 11.6 Å². The summed E-state index contributed by atoms with van der Waals surface area (Å²) in [6.45, 7) is 1.28. The Hall–Kier alpha value is -2.43. The van der Waals surface area contributed by atoms with Crippen LogP contribution >= 0.6 is 0 Å². The zero-order chi connectivity index (χ0) is 16.5. The highest BCUT2D eigenvalue weighted by molar-refractivity contribution is 5.79. The molecule has 0 atom stereocenters. The van der Waals surface area contributed by atoms with E-state index in [4.69, 9.17) is 0 Å². The second-order valence-electron chi connectivity index (χ2n) is 5.14. The molecule has 0 unspecified atom stereocenters. The van der Waals surface area contributed by atoms with Gasteiger partial charge in [0.1, 0.15) is 11.6 Å². The molecule has 0 fully saturated rings. The van der Waals surface area contributed by atoms with Crippen molar-refractivity contribution in [2.75, 3.05) is 20.1 Å². The lowest BCUT2D eigenvalue weighted by molar-refractivity contribution is 0.606. The summed E-state index contributed by atoms with van der Waals surface area (Å²) in [5.41, 5.74) is 1.74. The van der Waals surface area contributed by atoms with Gasteiger partial charge in [0, 0.05) is 20.1 Å². The quantitative estimate of drug-likeness (QED) is 0.635. The second-order valence-corrected chi connectivity index (χ2v) is 5.14. The normalized spacial score (nSPS) is 11.3. The molecule has 5 heteroatoms. The van der Waals surface area contributed by atoms with E-state index in [1.54, 1.807) is 31.3 Å². The van der Waals surface area contributed by atoms with Crippen LogP contribution in [0.25, 0.3) is 0 Å². The first-order valence-corrected chi connectivity index (χ1v) is 7.61. The number of nitrogens with zero attached hydrogens (tertiary/aromatic N) is 1. The van der Waals surface area contributed by atoms with Gasteiger partial charge in [-0.2, -0.15) is 0 Å². The Morgan fingerprint density at radius 1 is 0.913 bits per heavy atom. The van der Waals surface area contributed by atoms with E-state index in [1.807, 2.05) is 6.07 Å². The lowest BCUT2D eigenvalue weighted by Crippen LogP contribution is -2.39. The first kappa shape index (κ1) is 16.9. The SMILES string of the molecule is CN=C(NCCc1ccc(F)cc1)NCCc1ccccc1F. The molecule has 122 valence electrons. The molecule has 0 bridgehead atoms. The summed E-state index contributed by atoms with van der Waals surface area (Å²) in [7, 11) is 1.69. The van der Waals surface area contributed by atoms with Crippen LogP contribution in [-0.4, -0.2) is 26.1 Å². The van der Waals surface area contributed by atoms with E-state index in [2.05, 4.69) is 15.6 Å². The van der Waals surface area contributed by atoms with Crippen molar-refractivity contribution in [3.8, 4) is 0 Å². The molecule has 0 amide bonds. The predicted octanol–water partition coefficient (Wildman–Crippen LogP) is 2.92. The number of halogens is 2. The summed E-state index contributed by atoms with van der Waals surface area (Å²) >= 11 is 0.